The van der Waals surface area contributed by atoms with E-state index in [1.165, 1.54) is 19.3 Å². The fraction of sp³-hybridized carbons (Fsp3) is 0.667. The van der Waals surface area contributed by atoms with E-state index in [4.69, 9.17) is 15.3 Å². The molecule has 0 saturated carbocycles. The molecule has 4 heteroatoms. The van der Waals surface area contributed by atoms with Crippen LogP contribution in [0.3, 0.4) is 0 Å². The molecular weight excluding hydrogens is 276 g/mol. The van der Waals surface area contributed by atoms with E-state index in [-0.39, 0.29) is 21.7 Å². The molecular formula is C15H29O3Ti-. The van der Waals surface area contributed by atoms with Crippen LogP contribution in [0.1, 0.15) is 40.0 Å². The molecule has 0 radical (unpaired) electrons. The summed E-state index contributed by atoms with van der Waals surface area (Å²) in [6.07, 6.45) is 6.42. The van der Waals surface area contributed by atoms with Crippen LogP contribution in [-0.4, -0.2) is 36.6 Å². The zero-order chi connectivity index (χ0) is 14.7. The summed E-state index contributed by atoms with van der Waals surface area (Å²) in [5.74, 6) is 0.733. The molecule has 2 rings (SSSR count). The first-order valence-corrected chi connectivity index (χ1v) is 6.30. The number of aliphatic hydroxyl groups is 3. The summed E-state index contributed by atoms with van der Waals surface area (Å²) in [6.45, 7) is 6.91. The second kappa shape index (κ2) is 14.4. The Morgan fingerprint density at radius 1 is 1.00 bits per heavy atom. The second-order valence-corrected chi connectivity index (χ2v) is 4.06. The van der Waals surface area contributed by atoms with E-state index in [0.717, 1.165) is 27.2 Å². The van der Waals surface area contributed by atoms with Gasteiger partial charge >= 0.3 is 0 Å². The van der Waals surface area contributed by atoms with Crippen molar-refractivity contribution in [2.24, 2.45) is 5.92 Å². The van der Waals surface area contributed by atoms with Crippen LogP contribution in [0.5, 0.6) is 0 Å². The van der Waals surface area contributed by atoms with Gasteiger partial charge in [0.1, 0.15) is 0 Å². The molecule has 0 amide bonds. The van der Waals surface area contributed by atoms with E-state index in [1.54, 1.807) is 22.3 Å². The Hall–Kier alpha value is -0.0557. The first-order valence-electron chi connectivity index (χ1n) is 6.30. The van der Waals surface area contributed by atoms with Gasteiger partial charge in [0.25, 0.3) is 0 Å². The van der Waals surface area contributed by atoms with E-state index in [1.807, 2.05) is 0 Å². The fourth-order valence-electron chi connectivity index (χ4n) is 2.45. The molecule has 2 aliphatic rings. The maximum atomic E-state index is 7.00. The number of hydrogen-bond donors (Lipinski definition) is 3. The predicted molar refractivity (Wildman–Crippen MR) is 77.1 cm³/mol. The van der Waals surface area contributed by atoms with Gasteiger partial charge < -0.3 is 15.3 Å². The van der Waals surface area contributed by atoms with Gasteiger partial charge in [-0.1, -0.05) is 46.0 Å². The quantitative estimate of drug-likeness (QED) is 0.476. The maximum absolute atomic E-state index is 7.00. The zero-order valence-corrected chi connectivity index (χ0v) is 14.7. The Kier molecular flexibility index (Phi) is 18.1. The van der Waals surface area contributed by atoms with Gasteiger partial charge in [0, 0.05) is 43.0 Å². The van der Waals surface area contributed by atoms with Gasteiger partial charge in [-0.05, 0) is 0 Å². The molecule has 0 bridgehead atoms. The summed E-state index contributed by atoms with van der Waals surface area (Å²) in [4.78, 5) is 0. The third-order valence-corrected chi connectivity index (χ3v) is 3.51. The summed E-state index contributed by atoms with van der Waals surface area (Å²) in [5, 5.41) is 21.0. The van der Waals surface area contributed by atoms with Crippen molar-refractivity contribution in [2.45, 2.75) is 40.0 Å². The summed E-state index contributed by atoms with van der Waals surface area (Å²) >= 11 is 0. The standard InChI is InChI=1S/C12H17.3CH4O.Ti/c1-8-9(2)11-6-4-5-7-12(11)10(8)3;3*1-2;/h6,10H,4-5,7H2,1-3H3;3*2H,1H3;/q-1;;;;. The van der Waals surface area contributed by atoms with Gasteiger partial charge in [-0.3, -0.25) is 0 Å². The number of rotatable bonds is 0. The molecule has 0 aromatic carbocycles. The van der Waals surface area contributed by atoms with Crippen LogP contribution in [0, 0.1) is 12.3 Å². The Bertz CT molecular complexity index is 283. The third kappa shape index (κ3) is 6.28. The number of hydrogen-bond acceptors (Lipinski definition) is 3. The Morgan fingerprint density at radius 2 is 1.47 bits per heavy atom. The van der Waals surface area contributed by atoms with Crippen LogP contribution < -0.4 is 0 Å². The van der Waals surface area contributed by atoms with Crippen molar-refractivity contribution in [1.29, 1.82) is 0 Å². The van der Waals surface area contributed by atoms with Crippen molar-refractivity contribution in [1.82, 2.24) is 0 Å². The van der Waals surface area contributed by atoms with E-state index < -0.39 is 0 Å². The number of allylic oxidation sites excluding steroid dienone is 4. The molecule has 0 aromatic rings. The largest absolute Gasteiger partial charge is 0.400 e. The van der Waals surface area contributed by atoms with Crippen molar-refractivity contribution in [3.63, 3.8) is 0 Å². The molecule has 112 valence electrons. The molecule has 2 aliphatic carbocycles. The number of aliphatic hydroxyl groups excluding tert-OH is 3. The van der Waals surface area contributed by atoms with Crippen LogP contribution in [0.25, 0.3) is 0 Å². The van der Waals surface area contributed by atoms with Crippen LogP contribution in [0.2, 0.25) is 0 Å². The van der Waals surface area contributed by atoms with Gasteiger partial charge in [0.15, 0.2) is 0 Å². The smallest absolute Gasteiger partial charge is 0.0319 e. The Labute approximate surface area is 133 Å². The SMILES string of the molecule is CC1=C(C)C(C)C2=C1[CH-]CCC2.CO.CO.CO.[Ti]. The first kappa shape index (κ1) is 24.0. The monoisotopic (exact) mass is 305 g/mol. The van der Waals surface area contributed by atoms with Gasteiger partial charge in [0.05, 0.1) is 0 Å². The van der Waals surface area contributed by atoms with Gasteiger partial charge in [-0.15, -0.1) is 5.57 Å². The van der Waals surface area contributed by atoms with Gasteiger partial charge in [-0.2, -0.15) is 23.1 Å². The first-order chi connectivity index (χ1) is 8.72. The Morgan fingerprint density at radius 3 is 1.89 bits per heavy atom. The van der Waals surface area contributed by atoms with Crippen LogP contribution in [0.4, 0.5) is 0 Å². The molecule has 0 spiro atoms. The van der Waals surface area contributed by atoms with Crippen LogP contribution in [-0.2, 0) is 21.7 Å². The topological polar surface area (TPSA) is 60.7 Å². The fourth-order valence-corrected chi connectivity index (χ4v) is 2.45. The van der Waals surface area contributed by atoms with Gasteiger partial charge in [-0.25, -0.2) is 0 Å². The molecule has 3 nitrogen and oxygen atoms in total. The van der Waals surface area contributed by atoms with Crippen molar-refractivity contribution in [3.05, 3.63) is 28.7 Å². The van der Waals surface area contributed by atoms with E-state index in [9.17, 15) is 0 Å². The minimum Gasteiger partial charge on any atom is -0.400 e. The minimum atomic E-state index is 0. The zero-order valence-electron chi connectivity index (χ0n) is 13.1. The van der Waals surface area contributed by atoms with Crippen LogP contribution >= 0.6 is 0 Å². The average molecular weight is 305 g/mol. The third-order valence-electron chi connectivity index (χ3n) is 3.51. The summed E-state index contributed by atoms with van der Waals surface area (Å²) in [5.41, 5.74) is 6.44. The molecule has 3 N–H and O–H groups in total. The molecule has 0 fully saturated rings. The van der Waals surface area contributed by atoms with Crippen molar-refractivity contribution in [3.8, 4) is 0 Å². The maximum Gasteiger partial charge on any atom is 0.0319 e. The minimum absolute atomic E-state index is 0. The summed E-state index contributed by atoms with van der Waals surface area (Å²) < 4.78 is 0. The molecule has 1 atom stereocenters. The summed E-state index contributed by atoms with van der Waals surface area (Å²) in [6, 6.07) is 0. The molecule has 1 unspecified atom stereocenters. The van der Waals surface area contributed by atoms with Crippen molar-refractivity contribution < 1.29 is 37.0 Å². The van der Waals surface area contributed by atoms with E-state index in [2.05, 4.69) is 27.2 Å². The molecule has 0 aliphatic heterocycles. The Balaban J connectivity index is -0.000000325. The van der Waals surface area contributed by atoms with E-state index >= 15 is 0 Å². The molecule has 0 aromatic heterocycles. The normalized spacial score (nSPS) is 19.3. The van der Waals surface area contributed by atoms with Crippen molar-refractivity contribution >= 4 is 0 Å². The predicted octanol–water partition coefficient (Wildman–Crippen LogP) is 2.48. The van der Waals surface area contributed by atoms with E-state index in [0.29, 0.717) is 0 Å². The molecule has 0 saturated heterocycles. The van der Waals surface area contributed by atoms with Gasteiger partial charge in [0.2, 0.25) is 0 Å². The average Bonchev–Trinajstić information content (AvgIpc) is 2.71. The van der Waals surface area contributed by atoms with Crippen LogP contribution in [0.15, 0.2) is 22.3 Å². The summed E-state index contributed by atoms with van der Waals surface area (Å²) in [7, 11) is 3.00. The van der Waals surface area contributed by atoms with Crippen molar-refractivity contribution in [2.75, 3.05) is 21.3 Å². The molecule has 19 heavy (non-hydrogen) atoms. The second-order valence-electron chi connectivity index (χ2n) is 4.06. The molecule has 0 heterocycles.